The van der Waals surface area contributed by atoms with E-state index in [1.165, 1.54) is 23.7 Å². The van der Waals surface area contributed by atoms with Gasteiger partial charge in [0.2, 0.25) is 11.8 Å². The van der Waals surface area contributed by atoms with E-state index in [1.807, 2.05) is 18.7 Å². The number of benzene rings is 1. The second kappa shape index (κ2) is 7.69. The van der Waals surface area contributed by atoms with Crippen LogP contribution in [0.2, 0.25) is 0 Å². The molecule has 0 spiro atoms. The number of anilines is 1. The molecule has 0 bridgehead atoms. The van der Waals surface area contributed by atoms with E-state index < -0.39 is 6.04 Å². The van der Waals surface area contributed by atoms with Crippen LogP contribution in [0.15, 0.2) is 18.2 Å². The normalized spacial score (nSPS) is 16.2. The van der Waals surface area contributed by atoms with E-state index in [0.717, 1.165) is 13.1 Å². The number of carbonyl (C=O) groups is 2. The number of amides is 2. The fourth-order valence-corrected chi connectivity index (χ4v) is 3.18. The van der Waals surface area contributed by atoms with Crippen molar-refractivity contribution in [1.29, 1.82) is 0 Å². The monoisotopic (exact) mass is 331 g/mol. The number of rotatable bonds is 4. The van der Waals surface area contributed by atoms with Gasteiger partial charge in [0.25, 0.3) is 0 Å². The average Bonchev–Trinajstić information content (AvgIpc) is 2.54. The van der Waals surface area contributed by atoms with Crippen LogP contribution >= 0.6 is 0 Å². The molecule has 0 aliphatic carbocycles. The molecule has 1 N–H and O–H groups in total. The lowest BCUT2D eigenvalue weighted by molar-refractivity contribution is -0.137. The van der Waals surface area contributed by atoms with Crippen molar-refractivity contribution in [2.24, 2.45) is 5.92 Å². The first-order chi connectivity index (χ1) is 11.3. The first-order valence-corrected chi connectivity index (χ1v) is 8.68. The van der Waals surface area contributed by atoms with E-state index in [2.05, 4.69) is 42.3 Å². The molecule has 1 aromatic rings. The zero-order valence-electron chi connectivity index (χ0n) is 15.4. The minimum absolute atomic E-state index is 0.0285. The number of hydrogen-bond acceptors (Lipinski definition) is 3. The zero-order valence-corrected chi connectivity index (χ0v) is 15.4. The van der Waals surface area contributed by atoms with Gasteiger partial charge in [0.1, 0.15) is 6.04 Å². The van der Waals surface area contributed by atoms with Crippen LogP contribution in [0.5, 0.6) is 0 Å². The first kappa shape index (κ1) is 18.3. The third-order valence-electron chi connectivity index (χ3n) is 4.80. The highest BCUT2D eigenvalue weighted by atomic mass is 16.2. The molecule has 1 aromatic carbocycles. The molecule has 132 valence electrons. The molecule has 5 nitrogen and oxygen atoms in total. The third kappa shape index (κ3) is 4.08. The molecule has 0 unspecified atom stereocenters. The van der Waals surface area contributed by atoms with Crippen LogP contribution in [0, 0.1) is 19.8 Å². The molecule has 24 heavy (non-hydrogen) atoms. The van der Waals surface area contributed by atoms with Gasteiger partial charge in [-0.2, -0.15) is 0 Å². The summed E-state index contributed by atoms with van der Waals surface area (Å²) in [5, 5.41) is 2.79. The minimum atomic E-state index is -0.435. The SMILES string of the molecule is CC(=O)N[C@@H](C(=O)N1CCN(c2cccc(C)c2C)CC1)C(C)C. The quantitative estimate of drug-likeness (QED) is 0.919. The average molecular weight is 331 g/mol. The Morgan fingerprint density at radius 3 is 2.25 bits per heavy atom. The summed E-state index contributed by atoms with van der Waals surface area (Å²) in [7, 11) is 0. The summed E-state index contributed by atoms with van der Waals surface area (Å²) >= 11 is 0. The van der Waals surface area contributed by atoms with Gasteiger partial charge in [-0.05, 0) is 37.0 Å². The second-order valence-electron chi connectivity index (χ2n) is 6.95. The number of carbonyl (C=O) groups excluding carboxylic acids is 2. The minimum Gasteiger partial charge on any atom is -0.368 e. The van der Waals surface area contributed by atoms with E-state index >= 15 is 0 Å². The summed E-state index contributed by atoms with van der Waals surface area (Å²) in [6.45, 7) is 12.7. The molecule has 1 aliphatic heterocycles. The van der Waals surface area contributed by atoms with E-state index in [4.69, 9.17) is 0 Å². The molecule has 1 aliphatic rings. The fraction of sp³-hybridized carbons (Fsp3) is 0.579. The zero-order chi connectivity index (χ0) is 17.9. The van der Waals surface area contributed by atoms with Crippen LogP contribution in [0.25, 0.3) is 0 Å². The number of nitrogens with zero attached hydrogens (tertiary/aromatic N) is 2. The topological polar surface area (TPSA) is 52.7 Å². The highest BCUT2D eigenvalue weighted by Gasteiger charge is 2.30. The van der Waals surface area contributed by atoms with Gasteiger partial charge in [0.05, 0.1) is 0 Å². The summed E-state index contributed by atoms with van der Waals surface area (Å²) < 4.78 is 0. The van der Waals surface area contributed by atoms with Crippen LogP contribution < -0.4 is 10.2 Å². The highest BCUT2D eigenvalue weighted by molar-refractivity contribution is 5.87. The predicted molar refractivity (Wildman–Crippen MR) is 97.2 cm³/mol. The standard InChI is InChI=1S/C19H29N3O2/c1-13(2)18(20-16(5)23)19(24)22-11-9-21(10-12-22)17-8-6-7-14(3)15(17)4/h6-8,13,18H,9-12H2,1-5H3,(H,20,23)/t18-/m1/s1. The Morgan fingerprint density at radius 1 is 1.08 bits per heavy atom. The Hall–Kier alpha value is -2.04. The highest BCUT2D eigenvalue weighted by Crippen LogP contribution is 2.24. The number of nitrogens with one attached hydrogen (secondary N) is 1. The number of hydrogen-bond donors (Lipinski definition) is 1. The Labute approximate surface area is 145 Å². The van der Waals surface area contributed by atoms with E-state index in [-0.39, 0.29) is 17.7 Å². The lowest BCUT2D eigenvalue weighted by Crippen LogP contribution is -2.56. The lowest BCUT2D eigenvalue weighted by atomic mass is 10.0. The van der Waals surface area contributed by atoms with Gasteiger partial charge in [-0.3, -0.25) is 9.59 Å². The van der Waals surface area contributed by atoms with Gasteiger partial charge in [-0.1, -0.05) is 26.0 Å². The Bertz CT molecular complexity index is 605. The van der Waals surface area contributed by atoms with E-state index in [9.17, 15) is 9.59 Å². The van der Waals surface area contributed by atoms with Gasteiger partial charge in [0, 0.05) is 38.8 Å². The molecular weight excluding hydrogens is 302 g/mol. The second-order valence-corrected chi connectivity index (χ2v) is 6.95. The number of aryl methyl sites for hydroxylation is 1. The first-order valence-electron chi connectivity index (χ1n) is 8.68. The molecule has 1 heterocycles. The predicted octanol–water partition coefficient (Wildman–Crippen LogP) is 2.11. The molecule has 2 rings (SSSR count). The van der Waals surface area contributed by atoms with Crippen molar-refractivity contribution in [3.05, 3.63) is 29.3 Å². The van der Waals surface area contributed by atoms with Crippen molar-refractivity contribution in [3.63, 3.8) is 0 Å². The maximum atomic E-state index is 12.7. The molecule has 0 aromatic heterocycles. The van der Waals surface area contributed by atoms with Gasteiger partial charge >= 0.3 is 0 Å². The van der Waals surface area contributed by atoms with Crippen LogP contribution in [0.4, 0.5) is 5.69 Å². The van der Waals surface area contributed by atoms with Gasteiger partial charge < -0.3 is 15.1 Å². The van der Waals surface area contributed by atoms with Crippen LogP contribution in [-0.4, -0.2) is 48.9 Å². The fourth-order valence-electron chi connectivity index (χ4n) is 3.18. The largest absolute Gasteiger partial charge is 0.368 e. The van der Waals surface area contributed by atoms with Gasteiger partial charge in [0.15, 0.2) is 0 Å². The van der Waals surface area contributed by atoms with Crippen molar-refractivity contribution in [1.82, 2.24) is 10.2 Å². The molecule has 0 saturated carbocycles. The molecule has 5 heteroatoms. The summed E-state index contributed by atoms with van der Waals surface area (Å²) in [5.41, 5.74) is 3.84. The Balaban J connectivity index is 2.02. The summed E-state index contributed by atoms with van der Waals surface area (Å²) in [6.07, 6.45) is 0. The molecule has 0 radical (unpaired) electrons. The molecule has 1 fully saturated rings. The summed E-state index contributed by atoms with van der Waals surface area (Å²) in [5.74, 6) is -0.0460. The van der Waals surface area contributed by atoms with Crippen molar-refractivity contribution >= 4 is 17.5 Å². The molecule has 1 atom stereocenters. The van der Waals surface area contributed by atoms with Crippen molar-refractivity contribution < 1.29 is 9.59 Å². The van der Waals surface area contributed by atoms with E-state index in [1.54, 1.807) is 0 Å². The van der Waals surface area contributed by atoms with Crippen molar-refractivity contribution in [2.75, 3.05) is 31.1 Å². The Morgan fingerprint density at radius 2 is 1.71 bits per heavy atom. The third-order valence-corrected chi connectivity index (χ3v) is 4.80. The summed E-state index contributed by atoms with van der Waals surface area (Å²) in [4.78, 5) is 28.3. The van der Waals surface area contributed by atoms with E-state index in [0.29, 0.717) is 13.1 Å². The summed E-state index contributed by atoms with van der Waals surface area (Å²) in [6, 6.07) is 5.92. The van der Waals surface area contributed by atoms with Crippen molar-refractivity contribution in [2.45, 2.75) is 40.7 Å². The molecule has 1 saturated heterocycles. The molecule has 2 amide bonds. The molecular formula is C19H29N3O2. The number of piperazine rings is 1. The lowest BCUT2D eigenvalue weighted by Gasteiger charge is -2.39. The van der Waals surface area contributed by atoms with Gasteiger partial charge in [-0.15, -0.1) is 0 Å². The van der Waals surface area contributed by atoms with Crippen LogP contribution in [0.1, 0.15) is 31.9 Å². The van der Waals surface area contributed by atoms with Crippen molar-refractivity contribution in [3.8, 4) is 0 Å². The maximum Gasteiger partial charge on any atom is 0.245 e. The van der Waals surface area contributed by atoms with Crippen LogP contribution in [-0.2, 0) is 9.59 Å². The van der Waals surface area contributed by atoms with Gasteiger partial charge in [-0.25, -0.2) is 0 Å². The maximum absolute atomic E-state index is 12.7. The Kier molecular flexibility index (Phi) is 5.86. The van der Waals surface area contributed by atoms with Crippen LogP contribution in [0.3, 0.4) is 0 Å². The smallest absolute Gasteiger partial charge is 0.245 e.